The van der Waals surface area contributed by atoms with Crippen LogP contribution in [0.2, 0.25) is 0 Å². The fourth-order valence-corrected chi connectivity index (χ4v) is 5.24. The minimum absolute atomic E-state index is 0.0430. The molecule has 2 fully saturated rings. The first-order chi connectivity index (χ1) is 11.4. The lowest BCUT2D eigenvalue weighted by atomic mass is 9.90. The van der Waals surface area contributed by atoms with Gasteiger partial charge in [0.15, 0.2) is 9.84 Å². The number of nitrogens with one attached hydrogen (secondary N) is 2. The second kappa shape index (κ2) is 6.56. The molecule has 2 aliphatic heterocycles. The standard InChI is InChI=1S/C15H21N3O5S/c1-22-13-8-11(2-5-16-13)17-14(19)18-12-3-6-23-15(9-12)4-7-24(20,21)10-15/h2,5,8,12H,3-4,6-7,9-10H2,1H3,(H2,16,17,18,19). The van der Waals surface area contributed by atoms with Gasteiger partial charge in [-0.3, -0.25) is 0 Å². The molecule has 2 saturated heterocycles. The third-order valence-corrected chi connectivity index (χ3v) is 6.17. The van der Waals surface area contributed by atoms with Gasteiger partial charge in [0.25, 0.3) is 0 Å². The Morgan fingerprint density at radius 1 is 1.50 bits per heavy atom. The predicted octanol–water partition coefficient (Wildman–Crippen LogP) is 0.948. The Bertz CT molecular complexity index is 724. The second-order valence-corrected chi connectivity index (χ2v) is 8.43. The molecule has 2 atom stereocenters. The highest BCUT2D eigenvalue weighted by Crippen LogP contribution is 2.35. The molecule has 8 nitrogen and oxygen atoms in total. The van der Waals surface area contributed by atoms with E-state index in [2.05, 4.69) is 15.6 Å². The molecule has 3 heterocycles. The van der Waals surface area contributed by atoms with Crippen LogP contribution in [0, 0.1) is 0 Å². The Kier molecular flexibility index (Phi) is 4.64. The lowest BCUT2D eigenvalue weighted by Gasteiger charge is -2.37. The number of hydrogen-bond donors (Lipinski definition) is 2. The Morgan fingerprint density at radius 3 is 3.04 bits per heavy atom. The highest BCUT2D eigenvalue weighted by atomic mass is 32.2. The van der Waals surface area contributed by atoms with Crippen molar-refractivity contribution in [3.8, 4) is 5.88 Å². The van der Waals surface area contributed by atoms with Crippen molar-refractivity contribution in [1.29, 1.82) is 0 Å². The van der Waals surface area contributed by atoms with E-state index in [0.29, 0.717) is 37.4 Å². The number of rotatable bonds is 3. The van der Waals surface area contributed by atoms with Crippen molar-refractivity contribution in [3.05, 3.63) is 18.3 Å². The van der Waals surface area contributed by atoms with Crippen LogP contribution in [0.1, 0.15) is 19.3 Å². The number of nitrogens with zero attached hydrogens (tertiary/aromatic N) is 1. The van der Waals surface area contributed by atoms with Crippen molar-refractivity contribution in [2.75, 3.05) is 30.5 Å². The smallest absolute Gasteiger partial charge is 0.319 e. The summed E-state index contributed by atoms with van der Waals surface area (Å²) in [5.41, 5.74) is -0.0703. The SMILES string of the molecule is COc1cc(NC(=O)NC2CCOC3(CCS(=O)(=O)C3)C2)ccn1. The lowest BCUT2D eigenvalue weighted by Crippen LogP contribution is -2.50. The maximum Gasteiger partial charge on any atom is 0.319 e. The van der Waals surface area contributed by atoms with E-state index in [1.165, 1.54) is 7.11 Å². The van der Waals surface area contributed by atoms with Crippen LogP contribution in [0.15, 0.2) is 18.3 Å². The summed E-state index contributed by atoms with van der Waals surface area (Å²) in [6.45, 7) is 0.448. The summed E-state index contributed by atoms with van der Waals surface area (Å²) < 4.78 is 34.2. The minimum atomic E-state index is -3.04. The maximum absolute atomic E-state index is 12.2. The van der Waals surface area contributed by atoms with Gasteiger partial charge in [-0.05, 0) is 25.3 Å². The molecule has 2 amide bonds. The molecule has 1 aromatic rings. The van der Waals surface area contributed by atoms with Gasteiger partial charge < -0.3 is 20.1 Å². The topological polar surface area (TPSA) is 107 Å². The molecule has 9 heteroatoms. The van der Waals surface area contributed by atoms with Gasteiger partial charge >= 0.3 is 6.03 Å². The number of aromatic nitrogens is 1. The summed E-state index contributed by atoms with van der Waals surface area (Å²) in [4.78, 5) is 16.1. The number of pyridine rings is 1. The van der Waals surface area contributed by atoms with Crippen LogP contribution in [-0.2, 0) is 14.6 Å². The van der Waals surface area contributed by atoms with E-state index >= 15 is 0 Å². The summed E-state index contributed by atoms with van der Waals surface area (Å²) in [6, 6.07) is 2.83. The van der Waals surface area contributed by atoms with Gasteiger partial charge in [0.05, 0.1) is 24.2 Å². The molecule has 3 rings (SSSR count). The first kappa shape index (κ1) is 17.0. The third-order valence-electron chi connectivity index (χ3n) is 4.38. The first-order valence-electron chi connectivity index (χ1n) is 7.82. The molecule has 0 aromatic carbocycles. The maximum atomic E-state index is 12.2. The van der Waals surface area contributed by atoms with Crippen molar-refractivity contribution < 1.29 is 22.7 Å². The van der Waals surface area contributed by atoms with Crippen molar-refractivity contribution in [2.45, 2.75) is 30.9 Å². The van der Waals surface area contributed by atoms with E-state index in [0.717, 1.165) is 0 Å². The lowest BCUT2D eigenvalue weighted by molar-refractivity contribution is -0.0685. The van der Waals surface area contributed by atoms with Gasteiger partial charge in [0, 0.05) is 30.6 Å². The molecule has 0 bridgehead atoms. The molecule has 2 unspecified atom stereocenters. The number of carbonyl (C=O) groups excluding carboxylic acids is 1. The van der Waals surface area contributed by atoms with Crippen LogP contribution in [0.3, 0.4) is 0 Å². The summed E-state index contributed by atoms with van der Waals surface area (Å²) in [7, 11) is -1.53. The fourth-order valence-electron chi connectivity index (χ4n) is 3.26. The van der Waals surface area contributed by atoms with Crippen molar-refractivity contribution in [3.63, 3.8) is 0 Å². The van der Waals surface area contributed by atoms with Gasteiger partial charge in [0.2, 0.25) is 5.88 Å². The van der Waals surface area contributed by atoms with Gasteiger partial charge in [0.1, 0.15) is 0 Å². The zero-order valence-electron chi connectivity index (χ0n) is 13.4. The molecule has 1 aromatic heterocycles. The fraction of sp³-hybridized carbons (Fsp3) is 0.600. The summed E-state index contributed by atoms with van der Waals surface area (Å²) >= 11 is 0. The van der Waals surface area contributed by atoms with Crippen LogP contribution >= 0.6 is 0 Å². The number of amides is 2. The molecular weight excluding hydrogens is 334 g/mol. The Balaban J connectivity index is 1.58. The van der Waals surface area contributed by atoms with E-state index in [1.54, 1.807) is 18.3 Å². The third kappa shape index (κ3) is 3.96. The van der Waals surface area contributed by atoms with Crippen molar-refractivity contribution in [2.24, 2.45) is 0 Å². The van der Waals surface area contributed by atoms with E-state index in [9.17, 15) is 13.2 Å². The molecule has 2 aliphatic rings. The van der Waals surface area contributed by atoms with Gasteiger partial charge in [-0.15, -0.1) is 0 Å². The molecule has 0 radical (unpaired) electrons. The largest absolute Gasteiger partial charge is 0.481 e. The number of ether oxygens (including phenoxy) is 2. The predicted molar refractivity (Wildman–Crippen MR) is 87.9 cm³/mol. The van der Waals surface area contributed by atoms with Crippen LogP contribution in [0.5, 0.6) is 5.88 Å². The summed E-state index contributed by atoms with van der Waals surface area (Å²) in [5.74, 6) is 0.610. The zero-order chi connectivity index (χ0) is 17.2. The van der Waals surface area contributed by atoms with Crippen LogP contribution in [0.4, 0.5) is 10.5 Å². The van der Waals surface area contributed by atoms with Gasteiger partial charge in [-0.25, -0.2) is 18.2 Å². The Hall–Kier alpha value is -1.87. The highest BCUT2D eigenvalue weighted by molar-refractivity contribution is 7.91. The number of carbonyl (C=O) groups is 1. The van der Waals surface area contributed by atoms with Crippen molar-refractivity contribution >= 4 is 21.6 Å². The zero-order valence-corrected chi connectivity index (χ0v) is 14.3. The molecular formula is C15H21N3O5S. The minimum Gasteiger partial charge on any atom is -0.481 e. The van der Waals surface area contributed by atoms with Crippen LogP contribution in [-0.4, -0.2) is 56.3 Å². The number of hydrogen-bond acceptors (Lipinski definition) is 6. The van der Waals surface area contributed by atoms with Gasteiger partial charge in [-0.2, -0.15) is 0 Å². The molecule has 132 valence electrons. The van der Waals surface area contributed by atoms with Crippen molar-refractivity contribution in [1.82, 2.24) is 10.3 Å². The molecule has 2 N–H and O–H groups in total. The van der Waals surface area contributed by atoms with Crippen LogP contribution in [0.25, 0.3) is 0 Å². The van der Waals surface area contributed by atoms with E-state index in [4.69, 9.17) is 9.47 Å². The monoisotopic (exact) mass is 355 g/mol. The normalized spacial score (nSPS) is 28.5. The Labute approximate surface area is 140 Å². The first-order valence-corrected chi connectivity index (χ1v) is 9.64. The number of methoxy groups -OCH3 is 1. The van der Waals surface area contributed by atoms with E-state index in [-0.39, 0.29) is 23.6 Å². The number of anilines is 1. The summed E-state index contributed by atoms with van der Waals surface area (Å²) in [5, 5.41) is 5.63. The van der Waals surface area contributed by atoms with E-state index < -0.39 is 15.4 Å². The summed E-state index contributed by atoms with van der Waals surface area (Å²) in [6.07, 6.45) is 3.21. The number of urea groups is 1. The molecule has 1 spiro atoms. The van der Waals surface area contributed by atoms with Gasteiger partial charge in [-0.1, -0.05) is 0 Å². The average Bonchev–Trinajstić information content (AvgIpc) is 2.81. The molecule has 0 saturated carbocycles. The quantitative estimate of drug-likeness (QED) is 0.836. The Morgan fingerprint density at radius 2 is 2.33 bits per heavy atom. The highest BCUT2D eigenvalue weighted by Gasteiger charge is 2.46. The molecule has 0 aliphatic carbocycles. The number of sulfone groups is 1. The second-order valence-electron chi connectivity index (χ2n) is 6.25. The van der Waals surface area contributed by atoms with Crippen LogP contribution < -0.4 is 15.4 Å². The van der Waals surface area contributed by atoms with E-state index in [1.807, 2.05) is 0 Å². The average molecular weight is 355 g/mol. The molecule has 24 heavy (non-hydrogen) atoms.